The SMILES string of the molecule is CCOCCNC(=NC)NCc1ccc(OCc2ccccn2)cc1.I. The van der Waals surface area contributed by atoms with Gasteiger partial charge in [-0.1, -0.05) is 18.2 Å². The van der Waals surface area contributed by atoms with Crippen molar-refractivity contribution in [3.8, 4) is 5.75 Å². The van der Waals surface area contributed by atoms with Crippen molar-refractivity contribution >= 4 is 29.9 Å². The van der Waals surface area contributed by atoms with Crippen LogP contribution < -0.4 is 15.4 Å². The van der Waals surface area contributed by atoms with Crippen LogP contribution in [0, 0.1) is 0 Å². The summed E-state index contributed by atoms with van der Waals surface area (Å²) in [5.74, 6) is 1.59. The van der Waals surface area contributed by atoms with E-state index in [0.717, 1.165) is 36.1 Å². The predicted molar refractivity (Wildman–Crippen MR) is 115 cm³/mol. The van der Waals surface area contributed by atoms with E-state index in [1.54, 1.807) is 13.2 Å². The molecule has 0 saturated heterocycles. The van der Waals surface area contributed by atoms with Crippen LogP contribution in [0.25, 0.3) is 0 Å². The molecule has 1 aromatic heterocycles. The molecular formula is C19H27IN4O2. The molecule has 0 saturated carbocycles. The fourth-order valence-electron chi connectivity index (χ4n) is 2.14. The second kappa shape index (κ2) is 13.3. The molecule has 1 aromatic carbocycles. The summed E-state index contributed by atoms with van der Waals surface area (Å²) in [5, 5.41) is 6.48. The first-order valence-electron chi connectivity index (χ1n) is 8.45. The van der Waals surface area contributed by atoms with Crippen molar-refractivity contribution in [1.82, 2.24) is 15.6 Å². The highest BCUT2D eigenvalue weighted by Crippen LogP contribution is 2.13. The van der Waals surface area contributed by atoms with Crippen LogP contribution in [0.4, 0.5) is 0 Å². The monoisotopic (exact) mass is 470 g/mol. The molecule has 26 heavy (non-hydrogen) atoms. The van der Waals surface area contributed by atoms with Gasteiger partial charge >= 0.3 is 0 Å². The molecule has 7 heteroatoms. The summed E-state index contributed by atoms with van der Waals surface area (Å²) < 4.78 is 11.0. The second-order valence-corrected chi connectivity index (χ2v) is 5.30. The van der Waals surface area contributed by atoms with E-state index in [1.807, 2.05) is 49.4 Å². The van der Waals surface area contributed by atoms with Crippen molar-refractivity contribution in [1.29, 1.82) is 0 Å². The molecule has 0 bridgehead atoms. The first-order chi connectivity index (χ1) is 12.3. The van der Waals surface area contributed by atoms with Gasteiger partial charge in [-0.15, -0.1) is 24.0 Å². The number of nitrogens with zero attached hydrogens (tertiary/aromatic N) is 2. The number of rotatable bonds is 9. The Bertz CT molecular complexity index is 636. The molecule has 2 aromatic rings. The van der Waals surface area contributed by atoms with Crippen molar-refractivity contribution in [2.45, 2.75) is 20.1 Å². The first kappa shape index (κ1) is 22.2. The van der Waals surface area contributed by atoms with E-state index in [-0.39, 0.29) is 24.0 Å². The maximum Gasteiger partial charge on any atom is 0.191 e. The zero-order valence-electron chi connectivity index (χ0n) is 15.3. The molecule has 0 aliphatic carbocycles. The minimum atomic E-state index is 0. The van der Waals surface area contributed by atoms with E-state index >= 15 is 0 Å². The number of benzene rings is 1. The Labute approximate surface area is 172 Å². The molecule has 2 rings (SSSR count). The van der Waals surface area contributed by atoms with E-state index < -0.39 is 0 Å². The molecule has 0 atom stereocenters. The van der Waals surface area contributed by atoms with Crippen LogP contribution in [0.2, 0.25) is 0 Å². The molecule has 6 nitrogen and oxygen atoms in total. The van der Waals surface area contributed by atoms with Crippen molar-refractivity contribution < 1.29 is 9.47 Å². The van der Waals surface area contributed by atoms with Gasteiger partial charge in [0.25, 0.3) is 0 Å². The van der Waals surface area contributed by atoms with Crippen LogP contribution in [0.3, 0.4) is 0 Å². The smallest absolute Gasteiger partial charge is 0.191 e. The number of halogens is 1. The molecule has 0 fully saturated rings. The fourth-order valence-corrected chi connectivity index (χ4v) is 2.14. The van der Waals surface area contributed by atoms with Crippen LogP contribution in [-0.2, 0) is 17.9 Å². The maximum atomic E-state index is 5.74. The summed E-state index contributed by atoms with van der Waals surface area (Å²) >= 11 is 0. The molecule has 1 heterocycles. The molecule has 142 valence electrons. The number of nitrogens with one attached hydrogen (secondary N) is 2. The Kier molecular flexibility index (Phi) is 11.4. The largest absolute Gasteiger partial charge is 0.487 e. The van der Waals surface area contributed by atoms with Gasteiger partial charge < -0.3 is 20.1 Å². The lowest BCUT2D eigenvalue weighted by Gasteiger charge is -2.12. The summed E-state index contributed by atoms with van der Waals surface area (Å²) in [7, 11) is 1.75. The van der Waals surface area contributed by atoms with Crippen LogP contribution >= 0.6 is 24.0 Å². The van der Waals surface area contributed by atoms with Crippen molar-refractivity contribution in [2.24, 2.45) is 4.99 Å². The van der Waals surface area contributed by atoms with Crippen LogP contribution in [-0.4, -0.2) is 37.7 Å². The van der Waals surface area contributed by atoms with Gasteiger partial charge in [-0.05, 0) is 36.8 Å². The standard InChI is InChI=1S/C19H26N4O2.HI/c1-3-24-13-12-22-19(20-2)23-14-16-7-9-18(10-8-16)25-15-17-6-4-5-11-21-17;/h4-11H,3,12-15H2,1-2H3,(H2,20,22,23);1H. The lowest BCUT2D eigenvalue weighted by Crippen LogP contribution is -2.38. The number of pyridine rings is 1. The summed E-state index contributed by atoms with van der Waals surface area (Å²) in [6.07, 6.45) is 1.77. The highest BCUT2D eigenvalue weighted by molar-refractivity contribution is 14.0. The van der Waals surface area contributed by atoms with Crippen molar-refractivity contribution in [3.05, 3.63) is 59.9 Å². The van der Waals surface area contributed by atoms with Crippen molar-refractivity contribution in [3.63, 3.8) is 0 Å². The third-order valence-corrected chi connectivity index (χ3v) is 3.46. The Hall–Kier alpha value is -1.87. The number of hydrogen-bond acceptors (Lipinski definition) is 4. The molecule has 0 aliphatic rings. The van der Waals surface area contributed by atoms with Gasteiger partial charge in [0.15, 0.2) is 5.96 Å². The Morgan fingerprint density at radius 2 is 1.92 bits per heavy atom. The Morgan fingerprint density at radius 1 is 1.12 bits per heavy atom. The van der Waals surface area contributed by atoms with E-state index in [1.165, 1.54) is 0 Å². The maximum absolute atomic E-state index is 5.74. The molecule has 0 aliphatic heterocycles. The minimum absolute atomic E-state index is 0. The van der Waals surface area contributed by atoms with E-state index in [9.17, 15) is 0 Å². The summed E-state index contributed by atoms with van der Waals surface area (Å²) in [5.41, 5.74) is 2.06. The van der Waals surface area contributed by atoms with Crippen LogP contribution in [0.5, 0.6) is 5.75 Å². The lowest BCUT2D eigenvalue weighted by atomic mass is 10.2. The minimum Gasteiger partial charge on any atom is -0.487 e. The van der Waals surface area contributed by atoms with Gasteiger partial charge in [0.2, 0.25) is 0 Å². The molecule has 0 radical (unpaired) electrons. The number of aliphatic imine (C=N–C) groups is 1. The van der Waals surface area contributed by atoms with Gasteiger partial charge in [-0.25, -0.2) is 0 Å². The highest BCUT2D eigenvalue weighted by atomic mass is 127. The Balaban J connectivity index is 0.00000338. The van der Waals surface area contributed by atoms with E-state index in [4.69, 9.17) is 9.47 Å². The number of ether oxygens (including phenoxy) is 2. The quantitative estimate of drug-likeness (QED) is 0.255. The van der Waals surface area contributed by atoms with Gasteiger partial charge in [0.05, 0.1) is 12.3 Å². The molecular weight excluding hydrogens is 443 g/mol. The fraction of sp³-hybridized carbons (Fsp3) is 0.368. The van der Waals surface area contributed by atoms with Crippen molar-refractivity contribution in [2.75, 3.05) is 26.8 Å². The number of aromatic nitrogens is 1. The van der Waals surface area contributed by atoms with Gasteiger partial charge in [0, 0.05) is 32.9 Å². The third-order valence-electron chi connectivity index (χ3n) is 3.46. The summed E-state index contributed by atoms with van der Waals surface area (Å²) in [6, 6.07) is 13.8. The average Bonchev–Trinajstić information content (AvgIpc) is 2.67. The summed E-state index contributed by atoms with van der Waals surface area (Å²) in [6.45, 7) is 5.26. The molecule has 0 unspecified atom stereocenters. The third kappa shape index (κ3) is 8.48. The zero-order valence-corrected chi connectivity index (χ0v) is 17.6. The van der Waals surface area contributed by atoms with Crippen LogP contribution in [0.1, 0.15) is 18.2 Å². The van der Waals surface area contributed by atoms with E-state index in [0.29, 0.717) is 19.8 Å². The highest BCUT2D eigenvalue weighted by Gasteiger charge is 2.00. The average molecular weight is 470 g/mol. The molecule has 0 spiro atoms. The van der Waals surface area contributed by atoms with Gasteiger partial charge in [-0.3, -0.25) is 9.98 Å². The number of hydrogen-bond donors (Lipinski definition) is 2. The van der Waals surface area contributed by atoms with E-state index in [2.05, 4.69) is 20.6 Å². The lowest BCUT2D eigenvalue weighted by molar-refractivity contribution is 0.152. The van der Waals surface area contributed by atoms with Gasteiger partial charge in [0.1, 0.15) is 12.4 Å². The normalized spacial score (nSPS) is 10.8. The molecule has 0 amide bonds. The zero-order chi connectivity index (χ0) is 17.7. The molecule has 2 N–H and O–H groups in total. The van der Waals surface area contributed by atoms with Gasteiger partial charge in [-0.2, -0.15) is 0 Å². The number of guanidine groups is 1. The second-order valence-electron chi connectivity index (χ2n) is 5.30. The topological polar surface area (TPSA) is 67.8 Å². The Morgan fingerprint density at radius 3 is 2.58 bits per heavy atom. The predicted octanol–water partition coefficient (Wildman–Crippen LogP) is 2.98. The van der Waals surface area contributed by atoms with Crippen LogP contribution in [0.15, 0.2) is 53.7 Å². The summed E-state index contributed by atoms with van der Waals surface area (Å²) in [4.78, 5) is 8.43. The first-order valence-corrected chi connectivity index (χ1v) is 8.45.